The standard InChI is InChI=1S/C16H20N6OS/c1-4-13(22-15(18)20-21-16(22)24-8-7-17)14(23)19-12-6-5-10(2)11(3)9-12/h5-6,9,13H,4,8H2,1-3H3,(H2,18,20)(H,19,23). The molecule has 1 aromatic carbocycles. The smallest absolute Gasteiger partial charge is 0.247 e. The summed E-state index contributed by atoms with van der Waals surface area (Å²) in [7, 11) is 0. The number of carbonyl (C=O) groups is 1. The average Bonchev–Trinajstić information content (AvgIpc) is 2.91. The summed E-state index contributed by atoms with van der Waals surface area (Å²) in [6.07, 6.45) is 0.527. The normalized spacial score (nSPS) is 11.8. The Labute approximate surface area is 145 Å². The van der Waals surface area contributed by atoms with Crippen LogP contribution >= 0.6 is 11.8 Å². The van der Waals surface area contributed by atoms with Gasteiger partial charge in [-0.1, -0.05) is 24.8 Å². The number of amides is 1. The predicted octanol–water partition coefficient (Wildman–Crippen LogP) is 2.68. The first-order valence-corrected chi connectivity index (χ1v) is 8.54. The largest absolute Gasteiger partial charge is 0.368 e. The molecule has 126 valence electrons. The minimum Gasteiger partial charge on any atom is -0.368 e. The zero-order chi connectivity index (χ0) is 17.7. The fourth-order valence-corrected chi connectivity index (χ4v) is 2.96. The maximum absolute atomic E-state index is 12.7. The van der Waals surface area contributed by atoms with Gasteiger partial charge in [0, 0.05) is 5.69 Å². The van der Waals surface area contributed by atoms with Gasteiger partial charge >= 0.3 is 0 Å². The van der Waals surface area contributed by atoms with Gasteiger partial charge in [-0.05, 0) is 43.5 Å². The topological polar surface area (TPSA) is 110 Å². The van der Waals surface area contributed by atoms with Crippen molar-refractivity contribution in [1.82, 2.24) is 14.8 Å². The van der Waals surface area contributed by atoms with Crippen molar-refractivity contribution in [3.8, 4) is 6.07 Å². The van der Waals surface area contributed by atoms with Gasteiger partial charge in [0.05, 0.1) is 11.8 Å². The monoisotopic (exact) mass is 344 g/mol. The molecule has 24 heavy (non-hydrogen) atoms. The Morgan fingerprint density at radius 3 is 2.79 bits per heavy atom. The molecule has 0 aliphatic carbocycles. The van der Waals surface area contributed by atoms with Crippen LogP contribution in [0.4, 0.5) is 11.6 Å². The van der Waals surface area contributed by atoms with Crippen LogP contribution in [0.5, 0.6) is 0 Å². The van der Waals surface area contributed by atoms with Gasteiger partial charge in [-0.3, -0.25) is 9.36 Å². The Balaban J connectivity index is 2.24. The fourth-order valence-electron chi connectivity index (χ4n) is 2.31. The molecule has 3 N–H and O–H groups in total. The van der Waals surface area contributed by atoms with Crippen LogP contribution in [0.2, 0.25) is 0 Å². The van der Waals surface area contributed by atoms with Gasteiger partial charge in [0.15, 0.2) is 5.16 Å². The zero-order valence-electron chi connectivity index (χ0n) is 13.9. The Morgan fingerprint density at radius 1 is 1.42 bits per heavy atom. The number of carbonyl (C=O) groups excluding carboxylic acids is 1. The van der Waals surface area contributed by atoms with Gasteiger partial charge < -0.3 is 11.1 Å². The average molecular weight is 344 g/mol. The van der Waals surface area contributed by atoms with Crippen LogP contribution in [0.15, 0.2) is 23.4 Å². The molecule has 0 bridgehead atoms. The van der Waals surface area contributed by atoms with Crippen molar-refractivity contribution in [3.05, 3.63) is 29.3 Å². The molecular weight excluding hydrogens is 324 g/mol. The van der Waals surface area contributed by atoms with Crippen molar-refractivity contribution in [2.24, 2.45) is 0 Å². The third-order valence-corrected chi connectivity index (χ3v) is 4.54. The molecule has 7 nitrogen and oxygen atoms in total. The Kier molecular flexibility index (Phi) is 5.82. The van der Waals surface area contributed by atoms with Crippen LogP contribution in [0.25, 0.3) is 0 Å². The number of nitrogen functional groups attached to an aromatic ring is 1. The van der Waals surface area contributed by atoms with E-state index in [0.717, 1.165) is 11.3 Å². The Hall–Kier alpha value is -2.53. The first kappa shape index (κ1) is 17.8. The first-order valence-electron chi connectivity index (χ1n) is 7.56. The second kappa shape index (κ2) is 7.84. The van der Waals surface area contributed by atoms with Crippen LogP contribution in [0, 0.1) is 25.2 Å². The van der Waals surface area contributed by atoms with E-state index in [9.17, 15) is 4.79 Å². The van der Waals surface area contributed by atoms with E-state index in [0.29, 0.717) is 11.6 Å². The fraction of sp³-hybridized carbons (Fsp3) is 0.375. The number of nitrogens with zero attached hydrogens (tertiary/aromatic N) is 4. The minimum atomic E-state index is -0.539. The highest BCUT2D eigenvalue weighted by molar-refractivity contribution is 7.99. The van der Waals surface area contributed by atoms with Crippen molar-refractivity contribution in [3.63, 3.8) is 0 Å². The van der Waals surface area contributed by atoms with Crippen LogP contribution in [0.1, 0.15) is 30.5 Å². The Morgan fingerprint density at radius 2 is 2.17 bits per heavy atom. The van der Waals surface area contributed by atoms with Crippen molar-refractivity contribution < 1.29 is 4.79 Å². The molecule has 0 fully saturated rings. The van der Waals surface area contributed by atoms with Crippen LogP contribution < -0.4 is 11.1 Å². The van der Waals surface area contributed by atoms with E-state index in [1.54, 1.807) is 4.57 Å². The van der Waals surface area contributed by atoms with Crippen LogP contribution in [-0.4, -0.2) is 26.4 Å². The van der Waals surface area contributed by atoms with E-state index in [2.05, 4.69) is 15.5 Å². The second-order valence-electron chi connectivity index (χ2n) is 5.37. The van der Waals surface area contributed by atoms with Crippen molar-refractivity contribution in [2.45, 2.75) is 38.4 Å². The molecule has 0 aliphatic rings. The molecule has 0 saturated heterocycles. The summed E-state index contributed by atoms with van der Waals surface area (Å²) in [4.78, 5) is 12.7. The lowest BCUT2D eigenvalue weighted by atomic mass is 10.1. The predicted molar refractivity (Wildman–Crippen MR) is 94.6 cm³/mol. The van der Waals surface area contributed by atoms with E-state index in [1.165, 1.54) is 17.3 Å². The highest BCUT2D eigenvalue weighted by Gasteiger charge is 2.25. The maximum Gasteiger partial charge on any atom is 0.247 e. The third kappa shape index (κ3) is 3.86. The molecule has 2 aromatic rings. The van der Waals surface area contributed by atoms with Crippen molar-refractivity contribution in [2.75, 3.05) is 16.8 Å². The van der Waals surface area contributed by atoms with Crippen molar-refractivity contribution in [1.29, 1.82) is 5.26 Å². The highest BCUT2D eigenvalue weighted by atomic mass is 32.2. The lowest BCUT2D eigenvalue weighted by Crippen LogP contribution is -2.27. The summed E-state index contributed by atoms with van der Waals surface area (Å²) in [5, 5.41) is 19.9. The van der Waals surface area contributed by atoms with Gasteiger partial charge in [-0.25, -0.2) is 0 Å². The van der Waals surface area contributed by atoms with Gasteiger partial charge in [-0.2, -0.15) is 5.26 Å². The molecule has 0 radical (unpaired) electrons. The zero-order valence-corrected chi connectivity index (χ0v) is 14.7. The van der Waals surface area contributed by atoms with Crippen LogP contribution in [0.3, 0.4) is 0 Å². The van der Waals surface area contributed by atoms with Crippen molar-refractivity contribution >= 4 is 29.3 Å². The molecule has 1 aromatic heterocycles. The number of thioether (sulfide) groups is 1. The third-order valence-electron chi connectivity index (χ3n) is 3.73. The van der Waals surface area contributed by atoms with E-state index >= 15 is 0 Å². The summed E-state index contributed by atoms with van der Waals surface area (Å²) in [5.74, 6) is 0.191. The van der Waals surface area contributed by atoms with Crippen LogP contribution in [-0.2, 0) is 4.79 Å². The molecule has 0 saturated carbocycles. The number of aromatic nitrogens is 3. The SMILES string of the molecule is CCC(C(=O)Nc1ccc(C)c(C)c1)n1c(N)nnc1SCC#N. The maximum atomic E-state index is 12.7. The molecule has 0 aliphatic heterocycles. The highest BCUT2D eigenvalue weighted by Crippen LogP contribution is 2.26. The molecule has 1 unspecified atom stereocenters. The lowest BCUT2D eigenvalue weighted by molar-refractivity contribution is -0.119. The molecule has 1 amide bonds. The number of aryl methyl sites for hydroxylation is 2. The number of nitrogens with one attached hydrogen (secondary N) is 1. The minimum absolute atomic E-state index is 0.164. The van der Waals surface area contributed by atoms with Gasteiger partial charge in [0.25, 0.3) is 0 Å². The summed E-state index contributed by atoms with van der Waals surface area (Å²) in [5.41, 5.74) is 8.88. The van der Waals surface area contributed by atoms with Gasteiger partial charge in [-0.15, -0.1) is 10.2 Å². The van der Waals surface area contributed by atoms with E-state index in [-0.39, 0.29) is 17.6 Å². The molecule has 0 spiro atoms. The van der Waals surface area contributed by atoms with Gasteiger partial charge in [0.2, 0.25) is 11.9 Å². The molecule has 8 heteroatoms. The quantitative estimate of drug-likeness (QED) is 0.780. The molecule has 1 atom stereocenters. The number of anilines is 2. The number of nitrogens with two attached hydrogens (primary N) is 1. The molecule has 2 rings (SSSR count). The first-order chi connectivity index (χ1) is 11.5. The summed E-state index contributed by atoms with van der Waals surface area (Å²) >= 11 is 1.21. The number of rotatable bonds is 6. The summed E-state index contributed by atoms with van der Waals surface area (Å²) in [6.45, 7) is 5.91. The lowest BCUT2D eigenvalue weighted by Gasteiger charge is -2.19. The van der Waals surface area contributed by atoms with E-state index in [1.807, 2.05) is 45.0 Å². The summed E-state index contributed by atoms with van der Waals surface area (Å²) < 4.78 is 1.58. The molecular formula is C16H20N6OS. The second-order valence-corrected chi connectivity index (χ2v) is 6.31. The number of hydrogen-bond acceptors (Lipinski definition) is 6. The number of nitriles is 1. The molecule has 1 heterocycles. The van der Waals surface area contributed by atoms with E-state index in [4.69, 9.17) is 11.0 Å². The van der Waals surface area contributed by atoms with E-state index < -0.39 is 6.04 Å². The van der Waals surface area contributed by atoms with Gasteiger partial charge in [0.1, 0.15) is 6.04 Å². The summed E-state index contributed by atoms with van der Waals surface area (Å²) in [6, 6.07) is 7.26. The Bertz CT molecular complexity index is 779. The number of benzene rings is 1. The number of hydrogen-bond donors (Lipinski definition) is 2.